The van der Waals surface area contributed by atoms with Gasteiger partial charge in [-0.25, -0.2) is 0 Å². The van der Waals surface area contributed by atoms with Crippen LogP contribution in [0, 0.1) is 0 Å². The Balaban J connectivity index is 1.53. The third kappa shape index (κ3) is 5.97. The van der Waals surface area contributed by atoms with Gasteiger partial charge in [-0.15, -0.1) is 0 Å². The number of rotatable bonds is 7. The van der Waals surface area contributed by atoms with Crippen molar-refractivity contribution >= 4 is 0 Å². The molecule has 15 nitrogen and oxygen atoms in total. The molecule has 33 heavy (non-hydrogen) atoms. The van der Waals surface area contributed by atoms with Gasteiger partial charge in [-0.3, -0.25) is 0 Å². The quantitative estimate of drug-likeness (QED) is 0.160. The molecule has 194 valence electrons. The SMILES string of the molecule is OC[C@H]1O[C@@H](OC[C@@H]2C[C@H](O)[C@@H](O)[C@H](OC[C@H]3O[C@@H](O)[C@H](O)[C@@H](O)[C@H]3O)O2)[C@H](O)[C@@H](O)[C@H]1O. The number of hydrogen-bond donors (Lipinski definition) is 10. The Labute approximate surface area is 187 Å². The zero-order valence-electron chi connectivity index (χ0n) is 17.4. The summed E-state index contributed by atoms with van der Waals surface area (Å²) in [5.74, 6) is 0. The van der Waals surface area contributed by atoms with Crippen molar-refractivity contribution in [2.45, 2.75) is 92.4 Å². The summed E-state index contributed by atoms with van der Waals surface area (Å²) in [7, 11) is 0. The van der Waals surface area contributed by atoms with Crippen molar-refractivity contribution in [3.8, 4) is 0 Å². The standard InChI is InChI=1S/C18H32O15/c19-2-7-10(22)13(25)15(27)18(33-7)29-3-5-1-6(20)9(21)17(31-5)30-4-8-11(23)12(24)14(26)16(28)32-8/h5-28H,1-4H2/t5-,6-,7+,8+,9+,10-,11-,12-,13-,14+,15+,16+,17+,18+/m0/s1. The lowest BCUT2D eigenvalue weighted by atomic mass is 9.99. The van der Waals surface area contributed by atoms with Crippen molar-refractivity contribution in [1.29, 1.82) is 0 Å². The Morgan fingerprint density at radius 2 is 1.15 bits per heavy atom. The largest absolute Gasteiger partial charge is 0.394 e. The summed E-state index contributed by atoms with van der Waals surface area (Å²) >= 11 is 0. The minimum absolute atomic E-state index is 0.107. The lowest BCUT2D eigenvalue weighted by Crippen LogP contribution is -2.60. The topological polar surface area (TPSA) is 248 Å². The Morgan fingerprint density at radius 3 is 1.82 bits per heavy atom. The lowest BCUT2D eigenvalue weighted by molar-refractivity contribution is -0.327. The van der Waals surface area contributed by atoms with Crippen LogP contribution in [-0.4, -0.2) is 157 Å². The summed E-state index contributed by atoms with van der Waals surface area (Å²) in [4.78, 5) is 0. The van der Waals surface area contributed by atoms with Gasteiger partial charge >= 0.3 is 0 Å². The van der Waals surface area contributed by atoms with Gasteiger partial charge in [-0.1, -0.05) is 0 Å². The van der Waals surface area contributed by atoms with E-state index >= 15 is 0 Å². The smallest absolute Gasteiger partial charge is 0.186 e. The first kappa shape index (κ1) is 27.0. The van der Waals surface area contributed by atoms with Crippen molar-refractivity contribution in [2.24, 2.45) is 0 Å². The van der Waals surface area contributed by atoms with Crippen LogP contribution in [0.4, 0.5) is 0 Å². The molecule has 0 bridgehead atoms. The molecule has 0 amide bonds. The third-order valence-electron chi connectivity index (χ3n) is 5.91. The molecular weight excluding hydrogens is 456 g/mol. The molecule has 0 unspecified atom stereocenters. The predicted octanol–water partition coefficient (Wildman–Crippen LogP) is -6.54. The summed E-state index contributed by atoms with van der Waals surface area (Å²) in [6.45, 7) is -1.43. The first-order valence-electron chi connectivity index (χ1n) is 10.5. The minimum Gasteiger partial charge on any atom is -0.394 e. The van der Waals surface area contributed by atoms with Crippen LogP contribution >= 0.6 is 0 Å². The second-order valence-electron chi connectivity index (χ2n) is 8.32. The van der Waals surface area contributed by atoms with E-state index in [0.717, 1.165) is 0 Å². The molecule has 3 aliphatic heterocycles. The van der Waals surface area contributed by atoms with E-state index in [1.165, 1.54) is 0 Å². The second kappa shape index (κ2) is 11.4. The highest BCUT2D eigenvalue weighted by Crippen LogP contribution is 2.27. The molecule has 3 rings (SSSR count). The van der Waals surface area contributed by atoms with E-state index in [-0.39, 0.29) is 13.0 Å². The molecule has 10 N–H and O–H groups in total. The van der Waals surface area contributed by atoms with E-state index in [1.807, 2.05) is 0 Å². The molecule has 0 aromatic rings. The van der Waals surface area contributed by atoms with Crippen LogP contribution in [-0.2, 0) is 23.7 Å². The van der Waals surface area contributed by atoms with Crippen LogP contribution < -0.4 is 0 Å². The van der Waals surface area contributed by atoms with E-state index in [4.69, 9.17) is 23.7 Å². The Bertz CT molecular complexity index is 609. The van der Waals surface area contributed by atoms with Crippen molar-refractivity contribution < 1.29 is 74.7 Å². The summed E-state index contributed by atoms with van der Waals surface area (Å²) in [6, 6.07) is 0. The molecule has 3 heterocycles. The third-order valence-corrected chi connectivity index (χ3v) is 5.91. The van der Waals surface area contributed by atoms with Crippen LogP contribution in [0.1, 0.15) is 6.42 Å². The molecule has 3 fully saturated rings. The maximum atomic E-state index is 10.1. The summed E-state index contributed by atoms with van der Waals surface area (Å²) < 4.78 is 26.5. The maximum Gasteiger partial charge on any atom is 0.186 e. The Hall–Kier alpha value is -0.600. The van der Waals surface area contributed by atoms with Gasteiger partial charge in [0, 0.05) is 6.42 Å². The summed E-state index contributed by atoms with van der Waals surface area (Å²) in [6.07, 6.45) is -20.8. The van der Waals surface area contributed by atoms with E-state index < -0.39 is 99.2 Å². The normalized spacial score (nSPS) is 51.5. The average molecular weight is 488 g/mol. The fourth-order valence-electron chi connectivity index (χ4n) is 3.83. The monoisotopic (exact) mass is 488 g/mol. The van der Waals surface area contributed by atoms with E-state index in [0.29, 0.717) is 0 Å². The zero-order valence-corrected chi connectivity index (χ0v) is 17.4. The van der Waals surface area contributed by atoms with Crippen LogP contribution in [0.3, 0.4) is 0 Å². The fourth-order valence-corrected chi connectivity index (χ4v) is 3.83. The van der Waals surface area contributed by atoms with Gasteiger partial charge in [0.15, 0.2) is 18.9 Å². The number of hydrogen-bond acceptors (Lipinski definition) is 15. The molecule has 0 radical (unpaired) electrons. The highest BCUT2D eigenvalue weighted by atomic mass is 16.7. The fraction of sp³-hybridized carbons (Fsp3) is 1.00. The van der Waals surface area contributed by atoms with Crippen LogP contribution in [0.15, 0.2) is 0 Å². The number of aliphatic hydroxyl groups excluding tert-OH is 10. The van der Waals surface area contributed by atoms with Gasteiger partial charge in [0.25, 0.3) is 0 Å². The van der Waals surface area contributed by atoms with Gasteiger partial charge in [-0.2, -0.15) is 0 Å². The number of aliphatic hydroxyl groups is 10. The van der Waals surface area contributed by atoms with Crippen molar-refractivity contribution in [1.82, 2.24) is 0 Å². The molecular formula is C18H32O15. The van der Waals surface area contributed by atoms with E-state index in [2.05, 4.69) is 0 Å². The predicted molar refractivity (Wildman–Crippen MR) is 99.9 cm³/mol. The Morgan fingerprint density at radius 1 is 0.576 bits per heavy atom. The highest BCUT2D eigenvalue weighted by molar-refractivity contribution is 4.90. The van der Waals surface area contributed by atoms with Gasteiger partial charge in [0.2, 0.25) is 0 Å². The zero-order chi connectivity index (χ0) is 24.4. The molecule has 0 aromatic heterocycles. The van der Waals surface area contributed by atoms with Crippen LogP contribution in [0.25, 0.3) is 0 Å². The van der Waals surface area contributed by atoms with E-state index in [1.54, 1.807) is 0 Å². The summed E-state index contributed by atoms with van der Waals surface area (Å²) in [5.41, 5.74) is 0. The van der Waals surface area contributed by atoms with Crippen molar-refractivity contribution in [3.63, 3.8) is 0 Å². The molecule has 3 aliphatic rings. The minimum atomic E-state index is -1.78. The highest BCUT2D eigenvalue weighted by Gasteiger charge is 2.46. The first-order valence-corrected chi connectivity index (χ1v) is 10.5. The van der Waals surface area contributed by atoms with E-state index in [9.17, 15) is 51.1 Å². The Kier molecular flexibility index (Phi) is 9.35. The van der Waals surface area contributed by atoms with Gasteiger partial charge in [-0.05, 0) is 0 Å². The molecule has 14 atom stereocenters. The molecule has 0 aliphatic carbocycles. The molecule has 0 spiro atoms. The molecule has 15 heteroatoms. The van der Waals surface area contributed by atoms with Crippen LogP contribution in [0.2, 0.25) is 0 Å². The molecule has 0 saturated carbocycles. The van der Waals surface area contributed by atoms with Gasteiger partial charge < -0.3 is 74.7 Å². The average Bonchev–Trinajstić information content (AvgIpc) is 2.79. The summed E-state index contributed by atoms with van der Waals surface area (Å²) in [5, 5.41) is 97.9. The lowest BCUT2D eigenvalue weighted by Gasteiger charge is -2.42. The van der Waals surface area contributed by atoms with Crippen molar-refractivity contribution in [3.05, 3.63) is 0 Å². The first-order chi connectivity index (χ1) is 15.5. The van der Waals surface area contributed by atoms with Crippen LogP contribution in [0.5, 0.6) is 0 Å². The second-order valence-corrected chi connectivity index (χ2v) is 8.32. The van der Waals surface area contributed by atoms with Gasteiger partial charge in [0.05, 0.1) is 32.0 Å². The maximum absolute atomic E-state index is 10.1. The number of ether oxygens (including phenoxy) is 5. The molecule has 3 saturated heterocycles. The van der Waals surface area contributed by atoms with Crippen molar-refractivity contribution in [2.75, 3.05) is 19.8 Å². The van der Waals surface area contributed by atoms with Gasteiger partial charge in [0.1, 0.15) is 54.9 Å². The molecule has 0 aromatic carbocycles.